The van der Waals surface area contributed by atoms with Crippen LogP contribution in [-0.4, -0.2) is 13.1 Å². The number of nitriles is 1. The van der Waals surface area contributed by atoms with E-state index in [1.165, 1.54) is 19.2 Å². The van der Waals surface area contributed by atoms with Crippen LogP contribution in [0.15, 0.2) is 12.1 Å². The topological polar surface area (TPSA) is 50.1 Å². The molecular weight excluding hydrogens is 233 g/mol. The number of benzene rings is 1. The lowest BCUT2D eigenvalue weighted by atomic mass is 10.0. The number of methoxy groups -OCH3 is 1. The Morgan fingerprint density at radius 3 is 2.81 bits per heavy atom. The maximum absolute atomic E-state index is 13.8. The largest absolute Gasteiger partial charge is 0.469 e. The average molecular weight is 242 g/mol. The predicted molar refractivity (Wildman–Crippen MR) is 56.4 cm³/mol. The first kappa shape index (κ1) is 12.5. The zero-order chi connectivity index (χ0) is 12.1. The number of ether oxygens (including phenoxy) is 1. The number of rotatable bonds is 3. The molecule has 84 valence electrons. The molecule has 0 fully saturated rings. The van der Waals surface area contributed by atoms with E-state index < -0.39 is 11.8 Å². The number of alkyl halides is 1. The Kier molecular flexibility index (Phi) is 4.27. The summed E-state index contributed by atoms with van der Waals surface area (Å²) in [6, 6.07) is 4.70. The Morgan fingerprint density at radius 2 is 2.31 bits per heavy atom. The molecule has 0 saturated carbocycles. The highest BCUT2D eigenvalue weighted by atomic mass is 35.5. The van der Waals surface area contributed by atoms with Gasteiger partial charge in [-0.2, -0.15) is 5.26 Å². The number of esters is 1. The van der Waals surface area contributed by atoms with E-state index >= 15 is 0 Å². The summed E-state index contributed by atoms with van der Waals surface area (Å²) < 4.78 is 18.2. The van der Waals surface area contributed by atoms with Crippen LogP contribution in [0.4, 0.5) is 4.39 Å². The molecule has 0 bridgehead atoms. The van der Waals surface area contributed by atoms with Gasteiger partial charge in [0, 0.05) is 11.1 Å². The monoisotopic (exact) mass is 241 g/mol. The molecule has 0 atom stereocenters. The highest BCUT2D eigenvalue weighted by molar-refractivity contribution is 6.17. The van der Waals surface area contributed by atoms with Crippen molar-refractivity contribution in [3.05, 3.63) is 34.6 Å². The molecule has 0 saturated heterocycles. The van der Waals surface area contributed by atoms with Crippen molar-refractivity contribution in [1.29, 1.82) is 5.26 Å². The molecule has 16 heavy (non-hydrogen) atoms. The van der Waals surface area contributed by atoms with E-state index in [1.54, 1.807) is 0 Å². The van der Waals surface area contributed by atoms with Crippen molar-refractivity contribution in [2.45, 2.75) is 12.3 Å². The molecule has 0 aliphatic carbocycles. The van der Waals surface area contributed by atoms with Crippen LogP contribution in [0.5, 0.6) is 0 Å². The van der Waals surface area contributed by atoms with E-state index in [0.717, 1.165) is 0 Å². The Balaban J connectivity index is 3.22. The van der Waals surface area contributed by atoms with Gasteiger partial charge in [0.1, 0.15) is 5.82 Å². The number of nitrogens with zero attached hydrogens (tertiary/aromatic N) is 1. The number of halogens is 2. The first-order valence-electron chi connectivity index (χ1n) is 4.47. The fourth-order valence-electron chi connectivity index (χ4n) is 1.27. The molecule has 0 heterocycles. The van der Waals surface area contributed by atoms with Crippen LogP contribution in [0, 0.1) is 17.1 Å². The minimum atomic E-state index is -0.612. The average Bonchev–Trinajstić information content (AvgIpc) is 2.31. The normalized spacial score (nSPS) is 9.62. The number of hydrogen-bond acceptors (Lipinski definition) is 3. The van der Waals surface area contributed by atoms with E-state index in [4.69, 9.17) is 16.9 Å². The van der Waals surface area contributed by atoms with Gasteiger partial charge in [-0.05, 0) is 6.07 Å². The van der Waals surface area contributed by atoms with E-state index in [-0.39, 0.29) is 29.0 Å². The van der Waals surface area contributed by atoms with Crippen LogP contribution in [0.2, 0.25) is 0 Å². The molecule has 0 aliphatic rings. The smallest absolute Gasteiger partial charge is 0.310 e. The molecule has 1 aromatic rings. The van der Waals surface area contributed by atoms with Crippen LogP contribution < -0.4 is 0 Å². The SMILES string of the molecule is COC(=O)Cc1c(C#N)ccc(CCl)c1F. The molecule has 0 radical (unpaired) electrons. The van der Waals surface area contributed by atoms with E-state index in [0.29, 0.717) is 0 Å². The second-order valence-electron chi connectivity index (χ2n) is 3.06. The zero-order valence-electron chi connectivity index (χ0n) is 8.59. The Bertz CT molecular complexity index is 454. The Hall–Kier alpha value is -1.60. The lowest BCUT2D eigenvalue weighted by Gasteiger charge is -2.07. The van der Waals surface area contributed by atoms with Crippen LogP contribution >= 0.6 is 11.6 Å². The predicted octanol–water partition coefficient (Wildman–Crippen LogP) is 2.15. The van der Waals surface area contributed by atoms with Crippen molar-refractivity contribution >= 4 is 17.6 Å². The maximum atomic E-state index is 13.8. The van der Waals surface area contributed by atoms with Gasteiger partial charge in [-0.3, -0.25) is 4.79 Å². The van der Waals surface area contributed by atoms with Gasteiger partial charge in [-0.15, -0.1) is 11.6 Å². The first-order chi connectivity index (χ1) is 7.63. The van der Waals surface area contributed by atoms with Gasteiger partial charge in [0.25, 0.3) is 0 Å². The van der Waals surface area contributed by atoms with Gasteiger partial charge in [-0.1, -0.05) is 6.07 Å². The minimum Gasteiger partial charge on any atom is -0.469 e. The van der Waals surface area contributed by atoms with E-state index in [2.05, 4.69) is 4.74 Å². The molecule has 0 unspecified atom stereocenters. The van der Waals surface area contributed by atoms with Gasteiger partial charge >= 0.3 is 5.97 Å². The summed E-state index contributed by atoms with van der Waals surface area (Å²) in [7, 11) is 1.21. The third kappa shape index (κ3) is 2.50. The highest BCUT2D eigenvalue weighted by Crippen LogP contribution is 2.20. The van der Waals surface area contributed by atoms with Crippen molar-refractivity contribution in [2.24, 2.45) is 0 Å². The Morgan fingerprint density at radius 1 is 1.62 bits per heavy atom. The van der Waals surface area contributed by atoms with Crippen molar-refractivity contribution in [2.75, 3.05) is 7.11 Å². The van der Waals surface area contributed by atoms with Crippen molar-refractivity contribution in [3.63, 3.8) is 0 Å². The molecular formula is C11H9ClFNO2. The summed E-state index contributed by atoms with van der Waals surface area (Å²) in [5.41, 5.74) is 0.420. The van der Waals surface area contributed by atoms with Gasteiger partial charge < -0.3 is 4.74 Å². The lowest BCUT2D eigenvalue weighted by molar-refractivity contribution is -0.139. The first-order valence-corrected chi connectivity index (χ1v) is 5.00. The number of carbonyl (C=O) groups excluding carboxylic acids is 1. The van der Waals surface area contributed by atoms with Gasteiger partial charge in [0.15, 0.2) is 0 Å². The van der Waals surface area contributed by atoms with Gasteiger partial charge in [-0.25, -0.2) is 4.39 Å². The lowest BCUT2D eigenvalue weighted by Crippen LogP contribution is -2.09. The van der Waals surface area contributed by atoms with Crippen molar-refractivity contribution in [3.8, 4) is 6.07 Å². The minimum absolute atomic E-state index is 0.00822. The molecule has 0 aromatic heterocycles. The molecule has 1 aromatic carbocycles. The molecule has 0 spiro atoms. The summed E-state index contributed by atoms with van der Waals surface area (Å²) >= 11 is 5.53. The summed E-state index contributed by atoms with van der Waals surface area (Å²) in [6.45, 7) is 0. The molecule has 0 N–H and O–H groups in total. The standard InChI is InChI=1S/C11H9ClFNO2/c1-16-10(15)4-9-8(6-14)3-2-7(5-12)11(9)13/h2-3H,4-5H2,1H3. The number of carbonyl (C=O) groups is 1. The third-order valence-corrected chi connectivity index (χ3v) is 2.42. The molecule has 0 aliphatic heterocycles. The van der Waals surface area contributed by atoms with E-state index in [1.807, 2.05) is 6.07 Å². The summed E-state index contributed by atoms with van der Waals surface area (Å²) in [4.78, 5) is 11.1. The van der Waals surface area contributed by atoms with Gasteiger partial charge in [0.2, 0.25) is 0 Å². The van der Waals surface area contributed by atoms with Crippen molar-refractivity contribution < 1.29 is 13.9 Å². The second-order valence-corrected chi connectivity index (χ2v) is 3.33. The second kappa shape index (κ2) is 5.47. The van der Waals surface area contributed by atoms with Crippen LogP contribution in [0.3, 0.4) is 0 Å². The van der Waals surface area contributed by atoms with Crippen LogP contribution in [0.1, 0.15) is 16.7 Å². The van der Waals surface area contributed by atoms with Crippen LogP contribution in [-0.2, 0) is 21.8 Å². The quantitative estimate of drug-likeness (QED) is 0.602. The summed E-state index contributed by atoms with van der Waals surface area (Å²) in [6.07, 6.45) is -0.268. The highest BCUT2D eigenvalue weighted by Gasteiger charge is 2.16. The summed E-state index contributed by atoms with van der Waals surface area (Å²) in [5.74, 6) is -1.22. The van der Waals surface area contributed by atoms with Crippen LogP contribution in [0.25, 0.3) is 0 Å². The van der Waals surface area contributed by atoms with E-state index in [9.17, 15) is 9.18 Å². The number of hydrogen-bond donors (Lipinski definition) is 0. The fourth-order valence-corrected chi connectivity index (χ4v) is 1.47. The molecule has 5 heteroatoms. The maximum Gasteiger partial charge on any atom is 0.310 e. The molecule has 3 nitrogen and oxygen atoms in total. The summed E-state index contributed by atoms with van der Waals surface area (Å²) in [5, 5.41) is 8.79. The van der Waals surface area contributed by atoms with Gasteiger partial charge in [0.05, 0.1) is 31.0 Å². The van der Waals surface area contributed by atoms with Crippen molar-refractivity contribution in [1.82, 2.24) is 0 Å². The molecule has 1 rings (SSSR count). The molecule has 0 amide bonds. The fraction of sp³-hybridized carbons (Fsp3) is 0.273. The zero-order valence-corrected chi connectivity index (χ0v) is 9.34. The Labute approximate surface area is 97.4 Å². The third-order valence-electron chi connectivity index (χ3n) is 2.14.